The highest BCUT2D eigenvalue weighted by molar-refractivity contribution is 5.87. The van der Waals surface area contributed by atoms with Crippen molar-refractivity contribution in [2.75, 3.05) is 6.61 Å². The van der Waals surface area contributed by atoms with Gasteiger partial charge >= 0.3 is 11.8 Å². The van der Waals surface area contributed by atoms with E-state index in [9.17, 15) is 19.3 Å². The van der Waals surface area contributed by atoms with Crippen LogP contribution in [-0.2, 0) is 16.1 Å². The Hall–Kier alpha value is -3.03. The van der Waals surface area contributed by atoms with Gasteiger partial charge in [0, 0.05) is 18.6 Å². The predicted molar refractivity (Wildman–Crippen MR) is 80.0 cm³/mol. The molecule has 0 aliphatic carbocycles. The van der Waals surface area contributed by atoms with E-state index >= 15 is 0 Å². The monoisotopic (exact) mass is 319 g/mol. The summed E-state index contributed by atoms with van der Waals surface area (Å²) < 4.78 is 19.7. The molecule has 0 bridgehead atoms. The van der Waals surface area contributed by atoms with E-state index in [1.54, 1.807) is 19.1 Å². The minimum absolute atomic E-state index is 0.0571. The van der Waals surface area contributed by atoms with Crippen molar-refractivity contribution in [3.63, 3.8) is 0 Å². The lowest BCUT2D eigenvalue weighted by Gasteiger charge is -2.03. The number of carbonyl (C=O) groups excluding carboxylic acids is 1. The molecule has 0 saturated heterocycles. The van der Waals surface area contributed by atoms with E-state index in [-0.39, 0.29) is 24.5 Å². The normalized spacial score (nSPS) is 10.9. The van der Waals surface area contributed by atoms with Gasteiger partial charge in [-0.05, 0) is 17.1 Å². The first-order chi connectivity index (χ1) is 11.0. The van der Waals surface area contributed by atoms with Gasteiger partial charge in [-0.3, -0.25) is 0 Å². The number of imidazole rings is 1. The maximum absolute atomic E-state index is 13.4. The zero-order valence-corrected chi connectivity index (χ0v) is 12.3. The molecule has 23 heavy (non-hydrogen) atoms. The second kappa shape index (κ2) is 7.30. The molecule has 2 aromatic rings. The van der Waals surface area contributed by atoms with E-state index in [0.717, 1.165) is 12.3 Å². The van der Waals surface area contributed by atoms with E-state index in [1.807, 2.05) is 0 Å². The Kier molecular flexibility index (Phi) is 5.19. The third-order valence-electron chi connectivity index (χ3n) is 3.08. The molecule has 0 atom stereocenters. The highest BCUT2D eigenvalue weighted by atomic mass is 19.1. The first-order valence-corrected chi connectivity index (χ1v) is 6.75. The van der Waals surface area contributed by atoms with Crippen LogP contribution in [0.3, 0.4) is 0 Å². The van der Waals surface area contributed by atoms with Crippen LogP contribution in [0.4, 0.5) is 10.2 Å². The lowest BCUT2D eigenvalue weighted by atomic mass is 10.2. The van der Waals surface area contributed by atoms with Crippen molar-refractivity contribution in [2.24, 2.45) is 0 Å². The van der Waals surface area contributed by atoms with E-state index in [0.29, 0.717) is 5.82 Å². The Morgan fingerprint density at radius 2 is 2.22 bits per heavy atom. The maximum atomic E-state index is 13.4. The number of esters is 1. The number of ether oxygens (including phenoxy) is 1. The number of benzene rings is 1. The lowest BCUT2D eigenvalue weighted by molar-refractivity contribution is -0.392. The molecule has 7 nitrogen and oxygen atoms in total. The molecule has 0 radical (unpaired) electrons. The average Bonchev–Trinajstić information content (AvgIpc) is 2.88. The number of nitrogens with zero attached hydrogens (tertiary/aromatic N) is 3. The zero-order valence-electron chi connectivity index (χ0n) is 12.3. The van der Waals surface area contributed by atoms with Crippen LogP contribution >= 0.6 is 0 Å². The molecule has 0 N–H and O–H groups in total. The molecule has 0 aliphatic heterocycles. The van der Waals surface area contributed by atoms with Crippen LogP contribution < -0.4 is 0 Å². The van der Waals surface area contributed by atoms with Gasteiger partial charge in [-0.2, -0.15) is 0 Å². The highest BCUT2D eigenvalue weighted by Crippen LogP contribution is 2.13. The van der Waals surface area contributed by atoms with Crippen LogP contribution in [0.25, 0.3) is 6.08 Å². The van der Waals surface area contributed by atoms with Crippen molar-refractivity contribution in [1.29, 1.82) is 0 Å². The van der Waals surface area contributed by atoms with Gasteiger partial charge in [0.2, 0.25) is 0 Å². The van der Waals surface area contributed by atoms with Crippen molar-refractivity contribution in [2.45, 2.75) is 13.5 Å². The van der Waals surface area contributed by atoms with Gasteiger partial charge in [-0.25, -0.2) is 18.7 Å². The smallest absolute Gasteiger partial charge is 0.342 e. The second-order valence-corrected chi connectivity index (χ2v) is 4.59. The summed E-state index contributed by atoms with van der Waals surface area (Å²) in [5.74, 6) is -0.815. The molecule has 1 aromatic carbocycles. The van der Waals surface area contributed by atoms with Crippen LogP contribution in [0.2, 0.25) is 0 Å². The maximum Gasteiger partial charge on any atom is 0.342 e. The number of aryl methyl sites for hydroxylation is 1. The SMILES string of the molecule is Cc1ncc([N+](=O)[O-])n1CCOC(=O)/C=C/c1ccccc1F. The lowest BCUT2D eigenvalue weighted by Crippen LogP contribution is -2.12. The average molecular weight is 319 g/mol. The molecule has 0 spiro atoms. The molecule has 2 rings (SSSR count). The van der Waals surface area contributed by atoms with Crippen molar-refractivity contribution >= 4 is 17.9 Å². The first kappa shape index (κ1) is 16.3. The zero-order chi connectivity index (χ0) is 16.8. The molecular weight excluding hydrogens is 305 g/mol. The Bertz CT molecular complexity index is 755. The minimum atomic E-state index is -0.659. The molecule has 0 amide bonds. The van der Waals surface area contributed by atoms with Crippen molar-refractivity contribution < 1.29 is 18.8 Å². The summed E-state index contributed by atoms with van der Waals surface area (Å²) in [5, 5.41) is 10.8. The van der Waals surface area contributed by atoms with E-state index in [4.69, 9.17) is 4.74 Å². The van der Waals surface area contributed by atoms with Crippen molar-refractivity contribution in [1.82, 2.24) is 9.55 Å². The summed E-state index contributed by atoms with van der Waals surface area (Å²) in [5.41, 5.74) is 0.269. The molecule has 120 valence electrons. The number of aromatic nitrogens is 2. The molecule has 0 aliphatic rings. The molecule has 1 heterocycles. The summed E-state index contributed by atoms with van der Waals surface area (Å²) in [4.78, 5) is 25.7. The molecule has 1 aromatic heterocycles. The van der Waals surface area contributed by atoms with E-state index in [2.05, 4.69) is 4.98 Å². The van der Waals surface area contributed by atoms with Crippen LogP contribution in [0, 0.1) is 22.9 Å². The minimum Gasteiger partial charge on any atom is -0.458 e. The van der Waals surface area contributed by atoms with Gasteiger partial charge in [-0.1, -0.05) is 18.2 Å². The number of nitro groups is 1. The standard InChI is InChI=1S/C15H14FN3O4/c1-11-17-10-14(19(21)22)18(11)8-9-23-15(20)7-6-12-4-2-3-5-13(12)16/h2-7,10H,8-9H2,1H3/b7-6+. The largest absolute Gasteiger partial charge is 0.458 e. The van der Waals surface area contributed by atoms with Gasteiger partial charge in [0.25, 0.3) is 0 Å². The quantitative estimate of drug-likeness (QED) is 0.353. The number of rotatable bonds is 6. The van der Waals surface area contributed by atoms with Crippen LogP contribution in [-0.4, -0.2) is 27.1 Å². The van der Waals surface area contributed by atoms with E-state index < -0.39 is 16.7 Å². The molecule has 0 saturated carbocycles. The third-order valence-corrected chi connectivity index (χ3v) is 3.08. The van der Waals surface area contributed by atoms with Crippen molar-refractivity contribution in [3.8, 4) is 0 Å². The van der Waals surface area contributed by atoms with Gasteiger partial charge < -0.3 is 14.9 Å². The fourth-order valence-electron chi connectivity index (χ4n) is 1.93. The van der Waals surface area contributed by atoms with Crippen LogP contribution in [0.15, 0.2) is 36.5 Å². The van der Waals surface area contributed by atoms with Crippen molar-refractivity contribution in [3.05, 3.63) is 63.9 Å². The molecule has 0 unspecified atom stereocenters. The second-order valence-electron chi connectivity index (χ2n) is 4.59. The van der Waals surface area contributed by atoms with Gasteiger partial charge in [0.15, 0.2) is 5.82 Å². The summed E-state index contributed by atoms with van der Waals surface area (Å²) >= 11 is 0. The van der Waals surface area contributed by atoms with E-state index in [1.165, 1.54) is 22.8 Å². The number of hydrogen-bond donors (Lipinski definition) is 0. The fourth-order valence-corrected chi connectivity index (χ4v) is 1.93. The predicted octanol–water partition coefficient (Wildman–Crippen LogP) is 2.50. The highest BCUT2D eigenvalue weighted by Gasteiger charge is 2.17. The Morgan fingerprint density at radius 3 is 2.91 bits per heavy atom. The molecule has 8 heteroatoms. The Balaban J connectivity index is 1.90. The molecule has 0 fully saturated rings. The molecular formula is C15H14FN3O4. The fraction of sp³-hybridized carbons (Fsp3) is 0.200. The van der Waals surface area contributed by atoms with Gasteiger partial charge in [0.05, 0.1) is 0 Å². The van der Waals surface area contributed by atoms with Crippen LogP contribution in [0.5, 0.6) is 0 Å². The third kappa shape index (κ3) is 4.22. The number of hydrogen-bond acceptors (Lipinski definition) is 5. The summed E-state index contributed by atoms with van der Waals surface area (Å²) in [6.07, 6.45) is 3.56. The van der Waals surface area contributed by atoms with Gasteiger partial charge in [0.1, 0.15) is 25.2 Å². The number of carbonyl (C=O) groups is 1. The van der Waals surface area contributed by atoms with Crippen LogP contribution in [0.1, 0.15) is 11.4 Å². The first-order valence-electron chi connectivity index (χ1n) is 6.75. The number of halogens is 1. The Labute approximate surface area is 131 Å². The topological polar surface area (TPSA) is 87.3 Å². The summed E-state index contributed by atoms with van der Waals surface area (Å²) in [7, 11) is 0. The summed E-state index contributed by atoms with van der Waals surface area (Å²) in [6.45, 7) is 1.67. The van der Waals surface area contributed by atoms with Gasteiger partial charge in [-0.15, -0.1) is 0 Å². The Morgan fingerprint density at radius 1 is 1.48 bits per heavy atom. The summed E-state index contributed by atoms with van der Waals surface area (Å²) in [6, 6.07) is 6.00.